The van der Waals surface area contributed by atoms with E-state index >= 15 is 0 Å². The molecular formula is C16H14N2O4. The van der Waals surface area contributed by atoms with Gasteiger partial charge in [-0.2, -0.15) is 0 Å². The minimum atomic E-state index is -0.443. The normalized spacial score (nSPS) is 18.2. The van der Waals surface area contributed by atoms with Crippen molar-refractivity contribution in [3.8, 4) is 0 Å². The minimum absolute atomic E-state index is 0.0311. The summed E-state index contributed by atoms with van der Waals surface area (Å²) in [5.41, 5.74) is 1.89. The maximum absolute atomic E-state index is 11.6. The highest BCUT2D eigenvalue weighted by atomic mass is 16.7. The molecule has 6 heteroatoms. The fraction of sp³-hybridized carbons (Fsp3) is 0.188. The Morgan fingerprint density at radius 2 is 1.82 bits per heavy atom. The van der Waals surface area contributed by atoms with Crippen molar-refractivity contribution in [3.63, 3.8) is 0 Å². The molecule has 1 aliphatic heterocycles. The van der Waals surface area contributed by atoms with Crippen LogP contribution in [0.4, 0.5) is 5.69 Å². The Kier molecular flexibility index (Phi) is 3.84. The Hall–Kier alpha value is -2.73. The summed E-state index contributed by atoms with van der Waals surface area (Å²) < 4.78 is 0. The van der Waals surface area contributed by atoms with Gasteiger partial charge >= 0.3 is 5.97 Å². The number of non-ortho nitro benzene ring substituents is 1. The van der Waals surface area contributed by atoms with Crippen LogP contribution in [-0.4, -0.2) is 16.0 Å². The monoisotopic (exact) mass is 298 g/mol. The molecule has 1 saturated heterocycles. The first-order valence-electron chi connectivity index (χ1n) is 6.89. The fourth-order valence-electron chi connectivity index (χ4n) is 2.50. The minimum Gasteiger partial charge on any atom is -0.367 e. The Labute approximate surface area is 127 Å². The van der Waals surface area contributed by atoms with Crippen LogP contribution < -0.4 is 0 Å². The third-order valence-electron chi connectivity index (χ3n) is 3.60. The molecule has 2 aromatic carbocycles. The molecule has 2 aromatic rings. The lowest BCUT2D eigenvalue weighted by Gasteiger charge is -2.21. The molecule has 0 radical (unpaired) electrons. The molecule has 0 spiro atoms. The molecule has 1 fully saturated rings. The number of nitrogens with zero attached hydrogens (tertiary/aromatic N) is 2. The first-order chi connectivity index (χ1) is 10.6. The van der Waals surface area contributed by atoms with Crippen molar-refractivity contribution in [3.05, 3.63) is 75.8 Å². The van der Waals surface area contributed by atoms with Crippen molar-refractivity contribution in [1.82, 2.24) is 5.06 Å². The number of hydrogen-bond donors (Lipinski definition) is 0. The summed E-state index contributed by atoms with van der Waals surface area (Å²) in [5.74, 6) is -0.292. The van der Waals surface area contributed by atoms with E-state index in [4.69, 9.17) is 4.84 Å². The SMILES string of the molecule is O=C1CC(c2ccc([N+](=O)[O-])cc2)N(Cc2ccccc2)O1. The first kappa shape index (κ1) is 14.2. The molecule has 1 heterocycles. The smallest absolute Gasteiger partial charge is 0.327 e. The average molecular weight is 298 g/mol. The van der Waals surface area contributed by atoms with E-state index in [2.05, 4.69) is 0 Å². The van der Waals surface area contributed by atoms with Gasteiger partial charge in [-0.05, 0) is 11.1 Å². The van der Waals surface area contributed by atoms with E-state index in [1.54, 1.807) is 17.2 Å². The maximum Gasteiger partial charge on any atom is 0.327 e. The summed E-state index contributed by atoms with van der Waals surface area (Å²) in [6.45, 7) is 0.480. The summed E-state index contributed by atoms with van der Waals surface area (Å²) >= 11 is 0. The van der Waals surface area contributed by atoms with E-state index in [0.29, 0.717) is 6.54 Å². The molecular weight excluding hydrogens is 284 g/mol. The number of nitro groups is 1. The van der Waals surface area contributed by atoms with E-state index in [-0.39, 0.29) is 24.1 Å². The third-order valence-corrected chi connectivity index (χ3v) is 3.60. The second kappa shape index (κ2) is 5.95. The second-order valence-electron chi connectivity index (χ2n) is 5.09. The van der Waals surface area contributed by atoms with Gasteiger partial charge in [0.25, 0.3) is 5.69 Å². The average Bonchev–Trinajstić information content (AvgIpc) is 2.89. The van der Waals surface area contributed by atoms with Crippen LogP contribution in [0.3, 0.4) is 0 Å². The molecule has 1 aliphatic rings. The molecule has 1 atom stereocenters. The molecule has 1 unspecified atom stereocenters. The van der Waals surface area contributed by atoms with Crippen LogP contribution in [0.5, 0.6) is 0 Å². The van der Waals surface area contributed by atoms with Crippen LogP contribution >= 0.6 is 0 Å². The van der Waals surface area contributed by atoms with E-state index in [1.165, 1.54) is 12.1 Å². The van der Waals surface area contributed by atoms with Crippen LogP contribution in [0.1, 0.15) is 23.6 Å². The lowest BCUT2D eigenvalue weighted by Crippen LogP contribution is -2.21. The van der Waals surface area contributed by atoms with Gasteiger partial charge in [-0.25, -0.2) is 0 Å². The molecule has 0 N–H and O–H groups in total. The fourth-order valence-corrected chi connectivity index (χ4v) is 2.50. The molecule has 112 valence electrons. The lowest BCUT2D eigenvalue weighted by atomic mass is 10.0. The Bertz CT molecular complexity index is 685. The molecule has 0 aliphatic carbocycles. The van der Waals surface area contributed by atoms with Crippen LogP contribution in [0, 0.1) is 10.1 Å². The van der Waals surface area contributed by atoms with Gasteiger partial charge in [-0.1, -0.05) is 42.5 Å². The van der Waals surface area contributed by atoms with Crippen molar-refractivity contribution in [2.45, 2.75) is 19.0 Å². The van der Waals surface area contributed by atoms with Gasteiger partial charge in [0.15, 0.2) is 0 Å². The van der Waals surface area contributed by atoms with Crippen molar-refractivity contribution in [2.24, 2.45) is 0 Å². The number of hydrogen-bond acceptors (Lipinski definition) is 5. The van der Waals surface area contributed by atoms with Crippen molar-refractivity contribution in [2.75, 3.05) is 0 Å². The summed E-state index contributed by atoms with van der Waals surface area (Å²) in [5, 5.41) is 12.3. The number of rotatable bonds is 4. The number of carbonyl (C=O) groups excluding carboxylic acids is 1. The van der Waals surface area contributed by atoms with Gasteiger partial charge in [-0.15, -0.1) is 5.06 Å². The molecule has 0 saturated carbocycles. The zero-order chi connectivity index (χ0) is 15.5. The van der Waals surface area contributed by atoms with Gasteiger partial charge in [0, 0.05) is 12.1 Å². The number of carbonyl (C=O) groups is 1. The highest BCUT2D eigenvalue weighted by molar-refractivity contribution is 5.72. The van der Waals surface area contributed by atoms with Crippen LogP contribution in [0.25, 0.3) is 0 Å². The van der Waals surface area contributed by atoms with E-state index in [9.17, 15) is 14.9 Å². The van der Waals surface area contributed by atoms with Gasteiger partial charge in [0.2, 0.25) is 0 Å². The van der Waals surface area contributed by atoms with Crippen LogP contribution in [-0.2, 0) is 16.2 Å². The Morgan fingerprint density at radius 1 is 1.14 bits per heavy atom. The third kappa shape index (κ3) is 2.96. The van der Waals surface area contributed by atoms with Crippen molar-refractivity contribution >= 4 is 11.7 Å². The zero-order valence-electron chi connectivity index (χ0n) is 11.7. The summed E-state index contributed by atoms with van der Waals surface area (Å²) in [6, 6.07) is 15.7. The molecule has 6 nitrogen and oxygen atoms in total. The standard InChI is InChI=1S/C16H14N2O4/c19-16-10-15(13-6-8-14(9-7-13)18(20)21)17(22-16)11-12-4-2-1-3-5-12/h1-9,15H,10-11H2. The summed E-state index contributed by atoms with van der Waals surface area (Å²) in [6.07, 6.45) is 0.241. The molecule has 22 heavy (non-hydrogen) atoms. The van der Waals surface area contributed by atoms with Crippen LogP contribution in [0.15, 0.2) is 54.6 Å². The predicted molar refractivity (Wildman–Crippen MR) is 78.5 cm³/mol. The van der Waals surface area contributed by atoms with Crippen LogP contribution in [0.2, 0.25) is 0 Å². The summed E-state index contributed by atoms with van der Waals surface area (Å²) in [4.78, 5) is 27.2. The van der Waals surface area contributed by atoms with Crippen molar-refractivity contribution in [1.29, 1.82) is 0 Å². The van der Waals surface area contributed by atoms with E-state index in [0.717, 1.165) is 11.1 Å². The van der Waals surface area contributed by atoms with E-state index in [1.807, 2.05) is 30.3 Å². The molecule has 3 rings (SSSR count). The predicted octanol–water partition coefficient (Wildman–Crippen LogP) is 3.00. The van der Waals surface area contributed by atoms with Gasteiger partial charge in [-0.3, -0.25) is 14.9 Å². The zero-order valence-corrected chi connectivity index (χ0v) is 11.7. The van der Waals surface area contributed by atoms with Gasteiger partial charge in [0.1, 0.15) is 0 Å². The number of nitro benzene ring substituents is 1. The molecule has 0 bridgehead atoms. The topological polar surface area (TPSA) is 72.7 Å². The Morgan fingerprint density at radius 3 is 2.45 bits per heavy atom. The van der Waals surface area contributed by atoms with Crippen molar-refractivity contribution < 1.29 is 14.6 Å². The Balaban J connectivity index is 1.81. The number of benzene rings is 2. The molecule has 0 aromatic heterocycles. The van der Waals surface area contributed by atoms with Gasteiger partial charge in [0.05, 0.1) is 23.9 Å². The second-order valence-corrected chi connectivity index (χ2v) is 5.09. The summed E-state index contributed by atoms with van der Waals surface area (Å²) in [7, 11) is 0. The first-order valence-corrected chi connectivity index (χ1v) is 6.89. The van der Waals surface area contributed by atoms with Gasteiger partial charge < -0.3 is 4.84 Å². The maximum atomic E-state index is 11.6. The highest BCUT2D eigenvalue weighted by Gasteiger charge is 2.34. The largest absolute Gasteiger partial charge is 0.367 e. The lowest BCUT2D eigenvalue weighted by molar-refractivity contribution is -0.384. The quantitative estimate of drug-likeness (QED) is 0.641. The number of hydroxylamine groups is 2. The molecule has 0 amide bonds. The van der Waals surface area contributed by atoms with E-state index < -0.39 is 4.92 Å². The highest BCUT2D eigenvalue weighted by Crippen LogP contribution is 2.33.